The third kappa shape index (κ3) is 3.66. The predicted octanol–water partition coefficient (Wildman–Crippen LogP) is 8.28. The van der Waals surface area contributed by atoms with Crippen molar-refractivity contribution >= 4 is 21.8 Å². The number of hydrogen-bond donors (Lipinski definition) is 0. The molecule has 7 rings (SSSR count). The van der Waals surface area contributed by atoms with Gasteiger partial charge in [0.25, 0.3) is 0 Å². The molecule has 0 atom stereocenters. The molecule has 6 aromatic rings. The van der Waals surface area contributed by atoms with E-state index in [1.807, 2.05) is 30.3 Å². The predicted molar refractivity (Wildman–Crippen MR) is 146 cm³/mol. The van der Waals surface area contributed by atoms with E-state index in [2.05, 4.69) is 76.2 Å². The maximum absolute atomic E-state index is 6.36. The van der Waals surface area contributed by atoms with Gasteiger partial charge in [0.15, 0.2) is 0 Å². The van der Waals surface area contributed by atoms with Gasteiger partial charge in [-0.15, -0.1) is 45.5 Å². The number of benzene rings is 4. The summed E-state index contributed by atoms with van der Waals surface area (Å²) in [5.74, 6) is 1.24. The van der Waals surface area contributed by atoms with Crippen LogP contribution in [-0.2, 0) is 22.4 Å². The van der Waals surface area contributed by atoms with Crippen molar-refractivity contribution in [2.75, 3.05) is 0 Å². The topological polar surface area (TPSA) is 36.2 Å². The van der Waals surface area contributed by atoms with Gasteiger partial charge in [-0.2, -0.15) is 28.8 Å². The largest absolute Gasteiger partial charge is 3.00 e. The van der Waals surface area contributed by atoms with Crippen LogP contribution in [0.1, 0.15) is 22.3 Å². The average molecular weight is 661 g/mol. The van der Waals surface area contributed by atoms with Gasteiger partial charge in [0.05, 0.1) is 0 Å². The zero-order chi connectivity index (χ0) is 24.6. The molecule has 8 bridgehead atoms. The molecular weight excluding hydrogens is 637 g/mol. The first-order valence-corrected chi connectivity index (χ1v) is 12.2. The summed E-state index contributed by atoms with van der Waals surface area (Å²) in [6.07, 6.45) is 0. The SMILES string of the molecule is Cc1cc(C)c2[c-]c1-c1cccc(n1)Oc1cccc3c1[n-]c1c(cccc13)-c1[c-]c-2c(C)cc1C.[Au+3]. The molecule has 1 aliphatic heterocycles. The van der Waals surface area contributed by atoms with Crippen LogP contribution in [0.25, 0.3) is 55.3 Å². The maximum atomic E-state index is 6.36. The summed E-state index contributed by atoms with van der Waals surface area (Å²) in [7, 11) is 0. The number of nitrogens with zero attached hydrogens (tertiary/aromatic N) is 2. The van der Waals surface area contributed by atoms with Gasteiger partial charge in [0.1, 0.15) is 5.75 Å². The summed E-state index contributed by atoms with van der Waals surface area (Å²) >= 11 is 0. The van der Waals surface area contributed by atoms with Crippen molar-refractivity contribution in [1.29, 1.82) is 0 Å². The Balaban J connectivity index is 0.00000252. The van der Waals surface area contributed by atoms with Crippen LogP contribution in [0.2, 0.25) is 0 Å². The van der Waals surface area contributed by atoms with Crippen molar-refractivity contribution in [2.45, 2.75) is 27.7 Å². The van der Waals surface area contributed by atoms with Crippen LogP contribution in [-0.4, -0.2) is 4.98 Å². The summed E-state index contributed by atoms with van der Waals surface area (Å²) in [6.45, 7) is 8.56. The van der Waals surface area contributed by atoms with Crippen LogP contribution in [0.15, 0.2) is 66.7 Å². The molecule has 0 amide bonds. The zero-order valence-corrected chi connectivity index (χ0v) is 23.1. The van der Waals surface area contributed by atoms with Crippen molar-refractivity contribution in [3.05, 3.63) is 101 Å². The molecular formula is C33H23AuN2O. The Morgan fingerprint density at radius 1 is 0.649 bits per heavy atom. The van der Waals surface area contributed by atoms with E-state index in [0.29, 0.717) is 11.6 Å². The maximum Gasteiger partial charge on any atom is 3.00 e. The molecule has 3 heterocycles. The second kappa shape index (κ2) is 8.74. The number of para-hydroxylation sites is 2. The second-order valence-electron chi connectivity index (χ2n) is 9.70. The van der Waals surface area contributed by atoms with E-state index in [9.17, 15) is 0 Å². The molecule has 0 saturated heterocycles. The minimum atomic E-state index is 0. The van der Waals surface area contributed by atoms with E-state index in [1.54, 1.807) is 0 Å². The molecule has 4 heteroatoms. The van der Waals surface area contributed by atoms with Crippen LogP contribution in [0.3, 0.4) is 0 Å². The molecule has 4 aromatic carbocycles. The first-order chi connectivity index (χ1) is 17.5. The minimum Gasteiger partial charge on any atom is -0.660 e. The van der Waals surface area contributed by atoms with Crippen LogP contribution < -0.4 is 9.72 Å². The Kier molecular flexibility index (Phi) is 5.61. The molecule has 3 nitrogen and oxygen atoms in total. The van der Waals surface area contributed by atoms with Gasteiger partial charge in [-0.3, -0.25) is 4.98 Å². The van der Waals surface area contributed by atoms with Gasteiger partial charge in [-0.1, -0.05) is 81.2 Å². The number of aryl methyl sites for hydroxylation is 4. The van der Waals surface area contributed by atoms with Gasteiger partial charge in [0, 0.05) is 5.69 Å². The molecule has 0 unspecified atom stereocenters. The fraction of sp³-hybridized carbons (Fsp3) is 0.121. The van der Waals surface area contributed by atoms with E-state index in [1.165, 1.54) is 16.7 Å². The van der Waals surface area contributed by atoms with Crippen LogP contribution in [0.4, 0.5) is 0 Å². The molecule has 2 aromatic heterocycles. The Labute approximate surface area is 232 Å². The number of pyridine rings is 1. The summed E-state index contributed by atoms with van der Waals surface area (Å²) in [4.78, 5) is 10.0. The number of hydrogen-bond acceptors (Lipinski definition) is 2. The average Bonchev–Trinajstić information content (AvgIpc) is 3.25. The molecule has 37 heavy (non-hydrogen) atoms. The molecule has 0 saturated carbocycles. The Hall–Kier alpha value is -3.63. The minimum absolute atomic E-state index is 0. The van der Waals surface area contributed by atoms with E-state index >= 15 is 0 Å². The van der Waals surface area contributed by atoms with Crippen LogP contribution >= 0.6 is 0 Å². The van der Waals surface area contributed by atoms with E-state index < -0.39 is 0 Å². The van der Waals surface area contributed by atoms with E-state index in [-0.39, 0.29) is 22.4 Å². The molecule has 0 radical (unpaired) electrons. The molecule has 182 valence electrons. The molecule has 0 aliphatic carbocycles. The molecule has 0 N–H and O–H groups in total. The van der Waals surface area contributed by atoms with Crippen molar-refractivity contribution in [3.8, 4) is 45.1 Å². The summed E-state index contributed by atoms with van der Waals surface area (Å²) in [6, 6.07) is 30.3. The zero-order valence-electron chi connectivity index (χ0n) is 21.0. The Morgan fingerprint density at radius 3 is 2.00 bits per heavy atom. The Bertz CT molecular complexity index is 1870. The molecule has 0 fully saturated rings. The van der Waals surface area contributed by atoms with Crippen molar-refractivity contribution in [3.63, 3.8) is 0 Å². The summed E-state index contributed by atoms with van der Waals surface area (Å²) < 4.78 is 6.36. The summed E-state index contributed by atoms with van der Waals surface area (Å²) in [5.41, 5.74) is 12.5. The number of fused-ring (bicyclic) bond motifs is 10. The smallest absolute Gasteiger partial charge is 0.660 e. The second-order valence-corrected chi connectivity index (χ2v) is 9.70. The number of aromatic nitrogens is 2. The Morgan fingerprint density at radius 2 is 1.24 bits per heavy atom. The van der Waals surface area contributed by atoms with E-state index in [0.717, 1.165) is 60.9 Å². The summed E-state index contributed by atoms with van der Waals surface area (Å²) in [5, 5.41) is 2.18. The third-order valence-corrected chi connectivity index (χ3v) is 7.21. The standard InChI is InChI=1S/C33H23N2O.Au/c1-18-14-19(2)26-16-25(18)24-9-5-8-22-23-10-6-12-30(33(23)35-32(22)24)36-31-13-7-11-29(34-31)28-17-27(26)20(3)15-21(28)4;/h5-15H,1-4H3;/q-3;+3. The van der Waals surface area contributed by atoms with Gasteiger partial charge in [0.2, 0.25) is 5.88 Å². The first kappa shape index (κ1) is 23.7. The first-order valence-electron chi connectivity index (χ1n) is 12.2. The quantitative estimate of drug-likeness (QED) is 0.121. The van der Waals surface area contributed by atoms with Crippen LogP contribution in [0, 0.1) is 39.8 Å². The van der Waals surface area contributed by atoms with Crippen molar-refractivity contribution < 1.29 is 27.1 Å². The monoisotopic (exact) mass is 660 g/mol. The number of ether oxygens (including phenoxy) is 1. The molecule has 1 aliphatic rings. The number of rotatable bonds is 0. The van der Waals surface area contributed by atoms with Gasteiger partial charge < -0.3 is 9.72 Å². The van der Waals surface area contributed by atoms with Gasteiger partial charge in [-0.05, 0) is 22.9 Å². The van der Waals surface area contributed by atoms with Crippen molar-refractivity contribution in [2.24, 2.45) is 0 Å². The molecule has 0 spiro atoms. The normalized spacial score (nSPS) is 11.8. The van der Waals surface area contributed by atoms with E-state index in [4.69, 9.17) is 14.7 Å². The van der Waals surface area contributed by atoms with Crippen LogP contribution in [0.5, 0.6) is 11.6 Å². The van der Waals surface area contributed by atoms with Gasteiger partial charge >= 0.3 is 22.4 Å². The fourth-order valence-electron chi connectivity index (χ4n) is 5.50. The van der Waals surface area contributed by atoms with Crippen molar-refractivity contribution in [1.82, 2.24) is 9.97 Å². The van der Waals surface area contributed by atoms with Gasteiger partial charge in [-0.25, -0.2) is 0 Å². The third-order valence-electron chi connectivity index (χ3n) is 7.21. The fourth-order valence-corrected chi connectivity index (χ4v) is 5.50.